The number of hydrogen-bond acceptors (Lipinski definition) is 4. The fraction of sp³-hybridized carbons (Fsp3) is 0.158. The normalized spacial score (nSPS) is 10.4. The molecule has 0 fully saturated rings. The minimum absolute atomic E-state index is 0.122. The molecule has 2 aromatic carbocycles. The van der Waals surface area contributed by atoms with E-state index in [9.17, 15) is 4.79 Å². The molecule has 0 aliphatic heterocycles. The van der Waals surface area contributed by atoms with Crippen molar-refractivity contribution in [1.82, 2.24) is 4.98 Å². The van der Waals surface area contributed by atoms with Crippen molar-refractivity contribution in [3.63, 3.8) is 0 Å². The number of ether oxygens (including phenoxy) is 2. The summed E-state index contributed by atoms with van der Waals surface area (Å²) < 4.78 is 10.4. The Morgan fingerprint density at radius 1 is 1.04 bits per heavy atom. The summed E-state index contributed by atoms with van der Waals surface area (Å²) in [5.41, 5.74) is 2.36. The molecule has 5 nitrogen and oxygen atoms in total. The van der Waals surface area contributed by atoms with Gasteiger partial charge >= 0.3 is 0 Å². The highest BCUT2D eigenvalue weighted by atomic mass is 16.5. The van der Waals surface area contributed by atoms with Crippen LogP contribution < -0.4 is 14.8 Å². The molecule has 5 heteroatoms. The molecular formula is C19H18N2O3. The van der Waals surface area contributed by atoms with Crippen LogP contribution in [0.1, 0.15) is 5.56 Å². The molecule has 3 aromatic rings. The van der Waals surface area contributed by atoms with E-state index in [4.69, 9.17) is 9.47 Å². The number of benzene rings is 2. The monoisotopic (exact) mass is 322 g/mol. The molecule has 0 atom stereocenters. The molecule has 1 amide bonds. The van der Waals surface area contributed by atoms with Crippen LogP contribution in [0.4, 0.5) is 5.69 Å². The number of carbonyl (C=O) groups excluding carboxylic acids is 1. The van der Waals surface area contributed by atoms with Crippen molar-refractivity contribution >= 4 is 22.5 Å². The summed E-state index contributed by atoms with van der Waals surface area (Å²) in [5, 5.41) is 3.90. The Kier molecular flexibility index (Phi) is 4.61. The zero-order valence-corrected chi connectivity index (χ0v) is 13.6. The number of carbonyl (C=O) groups is 1. The second kappa shape index (κ2) is 7.00. The lowest BCUT2D eigenvalue weighted by Crippen LogP contribution is -2.15. The number of pyridine rings is 1. The summed E-state index contributed by atoms with van der Waals surface area (Å²) in [6.45, 7) is 0. The first-order valence-corrected chi connectivity index (χ1v) is 7.55. The summed E-state index contributed by atoms with van der Waals surface area (Å²) in [6, 6.07) is 15.0. The quantitative estimate of drug-likeness (QED) is 0.782. The highest BCUT2D eigenvalue weighted by molar-refractivity contribution is 5.95. The number of methoxy groups -OCH3 is 2. The molecule has 0 radical (unpaired) electrons. The third-order valence-electron chi connectivity index (χ3n) is 3.70. The molecule has 1 heterocycles. The Morgan fingerprint density at radius 2 is 1.75 bits per heavy atom. The fourth-order valence-electron chi connectivity index (χ4n) is 2.57. The van der Waals surface area contributed by atoms with Gasteiger partial charge in [-0.2, -0.15) is 0 Å². The van der Waals surface area contributed by atoms with E-state index >= 15 is 0 Å². The van der Waals surface area contributed by atoms with Gasteiger partial charge in [-0.05, 0) is 11.6 Å². The lowest BCUT2D eigenvalue weighted by Gasteiger charge is -2.10. The van der Waals surface area contributed by atoms with Gasteiger partial charge in [-0.25, -0.2) is 0 Å². The van der Waals surface area contributed by atoms with Gasteiger partial charge in [0.05, 0.1) is 26.2 Å². The molecule has 3 rings (SSSR count). The number of nitrogens with one attached hydrogen (secondary N) is 1. The van der Waals surface area contributed by atoms with E-state index in [1.165, 1.54) is 0 Å². The third-order valence-corrected chi connectivity index (χ3v) is 3.70. The summed E-state index contributed by atoms with van der Waals surface area (Å²) in [5.74, 6) is 1.12. The van der Waals surface area contributed by atoms with Crippen LogP contribution in [0.15, 0.2) is 54.7 Å². The van der Waals surface area contributed by atoms with Gasteiger partial charge in [-0.15, -0.1) is 0 Å². The van der Waals surface area contributed by atoms with Crippen LogP contribution in [0.5, 0.6) is 11.5 Å². The number of amides is 1. The molecule has 24 heavy (non-hydrogen) atoms. The fourth-order valence-corrected chi connectivity index (χ4v) is 2.57. The summed E-state index contributed by atoms with van der Waals surface area (Å²) in [6.07, 6.45) is 1.98. The summed E-state index contributed by atoms with van der Waals surface area (Å²) in [4.78, 5) is 16.8. The van der Waals surface area contributed by atoms with Crippen molar-refractivity contribution < 1.29 is 14.3 Å². The van der Waals surface area contributed by atoms with Crippen molar-refractivity contribution in [2.24, 2.45) is 0 Å². The van der Waals surface area contributed by atoms with Crippen LogP contribution in [0, 0.1) is 0 Å². The van der Waals surface area contributed by atoms with Crippen LogP contribution in [0.25, 0.3) is 10.9 Å². The molecule has 0 bridgehead atoms. The van der Waals surface area contributed by atoms with Crippen LogP contribution in [-0.4, -0.2) is 25.1 Å². The third kappa shape index (κ3) is 3.46. The number of rotatable bonds is 5. The van der Waals surface area contributed by atoms with Gasteiger partial charge in [0.1, 0.15) is 11.5 Å². The van der Waals surface area contributed by atoms with Crippen LogP contribution in [-0.2, 0) is 11.2 Å². The first-order chi connectivity index (χ1) is 11.7. The zero-order valence-electron chi connectivity index (χ0n) is 13.6. The van der Waals surface area contributed by atoms with Crippen LogP contribution in [0.2, 0.25) is 0 Å². The van der Waals surface area contributed by atoms with Crippen molar-refractivity contribution in [2.75, 3.05) is 19.5 Å². The number of anilines is 1. The number of aromatic nitrogens is 1. The van der Waals surface area contributed by atoms with Gasteiger partial charge in [-0.1, -0.05) is 24.3 Å². The molecule has 0 saturated carbocycles. The first-order valence-electron chi connectivity index (χ1n) is 7.55. The number of para-hydroxylation sites is 1. The Hall–Kier alpha value is -3.08. The number of hydrogen-bond donors (Lipinski definition) is 1. The smallest absolute Gasteiger partial charge is 0.228 e. The molecular weight excluding hydrogens is 304 g/mol. The largest absolute Gasteiger partial charge is 0.497 e. The highest BCUT2D eigenvalue weighted by Gasteiger charge is 2.10. The number of fused-ring (bicyclic) bond motifs is 1. The molecule has 0 spiro atoms. The van der Waals surface area contributed by atoms with E-state index in [0.29, 0.717) is 17.2 Å². The van der Waals surface area contributed by atoms with Crippen molar-refractivity contribution in [1.29, 1.82) is 0 Å². The van der Waals surface area contributed by atoms with Crippen LogP contribution in [0.3, 0.4) is 0 Å². The maximum Gasteiger partial charge on any atom is 0.228 e. The Labute approximate surface area is 140 Å². The molecule has 0 aliphatic rings. The van der Waals surface area contributed by atoms with E-state index in [2.05, 4.69) is 10.3 Å². The molecule has 1 aromatic heterocycles. The standard InChI is InChI=1S/C19H18N2O3/c1-23-16-10-15(11-17(12-16)24-2)21-18(22)9-14-6-3-5-13-7-4-8-20-19(13)14/h3-8,10-12H,9H2,1-2H3,(H,21,22). The summed E-state index contributed by atoms with van der Waals surface area (Å²) >= 11 is 0. The van der Waals surface area contributed by atoms with Crippen LogP contribution >= 0.6 is 0 Å². The Balaban J connectivity index is 1.80. The maximum absolute atomic E-state index is 12.4. The van der Waals surface area contributed by atoms with E-state index in [1.807, 2.05) is 30.3 Å². The van der Waals surface area contributed by atoms with Crippen molar-refractivity contribution in [3.8, 4) is 11.5 Å². The van der Waals surface area contributed by atoms with Crippen molar-refractivity contribution in [3.05, 3.63) is 60.3 Å². The van der Waals surface area contributed by atoms with E-state index in [1.54, 1.807) is 38.6 Å². The zero-order chi connectivity index (χ0) is 16.9. The van der Waals surface area contributed by atoms with Gasteiger partial charge in [0.25, 0.3) is 0 Å². The topological polar surface area (TPSA) is 60.5 Å². The predicted octanol–water partition coefficient (Wildman–Crippen LogP) is 3.43. The SMILES string of the molecule is COc1cc(NC(=O)Cc2cccc3cccnc23)cc(OC)c1. The number of nitrogens with zero attached hydrogens (tertiary/aromatic N) is 1. The summed E-state index contributed by atoms with van der Waals surface area (Å²) in [7, 11) is 3.14. The average molecular weight is 322 g/mol. The molecule has 0 aliphatic carbocycles. The van der Waals surface area contributed by atoms with Gasteiger partial charge < -0.3 is 14.8 Å². The molecule has 1 N–H and O–H groups in total. The molecule has 122 valence electrons. The lowest BCUT2D eigenvalue weighted by molar-refractivity contribution is -0.115. The van der Waals surface area contributed by atoms with Crippen molar-refractivity contribution in [2.45, 2.75) is 6.42 Å². The highest BCUT2D eigenvalue weighted by Crippen LogP contribution is 2.26. The Bertz CT molecular complexity index is 850. The van der Waals surface area contributed by atoms with E-state index < -0.39 is 0 Å². The Morgan fingerprint density at radius 3 is 2.46 bits per heavy atom. The first kappa shape index (κ1) is 15.8. The van der Waals surface area contributed by atoms with Gasteiger partial charge in [0, 0.05) is 35.5 Å². The minimum Gasteiger partial charge on any atom is -0.497 e. The van der Waals surface area contributed by atoms with E-state index in [-0.39, 0.29) is 12.3 Å². The predicted molar refractivity (Wildman–Crippen MR) is 93.6 cm³/mol. The molecule has 0 saturated heterocycles. The average Bonchev–Trinajstić information content (AvgIpc) is 2.61. The maximum atomic E-state index is 12.4. The van der Waals surface area contributed by atoms with E-state index in [0.717, 1.165) is 16.5 Å². The van der Waals surface area contributed by atoms with Gasteiger partial charge in [0.15, 0.2) is 0 Å². The second-order valence-corrected chi connectivity index (χ2v) is 5.32. The minimum atomic E-state index is -0.122. The van der Waals surface area contributed by atoms with Gasteiger partial charge in [-0.3, -0.25) is 9.78 Å². The van der Waals surface area contributed by atoms with Gasteiger partial charge in [0.2, 0.25) is 5.91 Å². The second-order valence-electron chi connectivity index (χ2n) is 5.32. The lowest BCUT2D eigenvalue weighted by atomic mass is 10.1. The molecule has 0 unspecified atom stereocenters.